The second-order valence-corrected chi connectivity index (χ2v) is 7.48. The molecule has 152 valence electrons. The van der Waals surface area contributed by atoms with Crippen molar-refractivity contribution >= 4 is 34.4 Å². The summed E-state index contributed by atoms with van der Waals surface area (Å²) in [5.74, 6) is 2.05. The second-order valence-electron chi connectivity index (χ2n) is 7.10. The van der Waals surface area contributed by atoms with E-state index in [0.29, 0.717) is 44.2 Å². The molecule has 0 N–H and O–H groups in total. The van der Waals surface area contributed by atoms with Crippen molar-refractivity contribution in [3.63, 3.8) is 0 Å². The lowest BCUT2D eigenvalue weighted by molar-refractivity contribution is -0.131. The average Bonchev–Trinajstić information content (AvgIpc) is 3.18. The van der Waals surface area contributed by atoms with Gasteiger partial charge in [0.1, 0.15) is 22.7 Å². The molecule has 0 saturated carbocycles. The molecule has 4 rings (SSSR count). The van der Waals surface area contributed by atoms with Gasteiger partial charge in [0.25, 0.3) is 5.71 Å². The highest BCUT2D eigenvalue weighted by molar-refractivity contribution is 6.18. The van der Waals surface area contributed by atoms with Crippen LogP contribution in [0, 0.1) is 0 Å². The number of benzene rings is 1. The zero-order valence-electron chi connectivity index (χ0n) is 16.5. The van der Waals surface area contributed by atoms with Gasteiger partial charge in [-0.3, -0.25) is 4.79 Å². The molecule has 2 aromatic heterocycles. The van der Waals surface area contributed by atoms with Gasteiger partial charge in [-0.2, -0.15) is 4.98 Å². The van der Waals surface area contributed by atoms with E-state index in [1.807, 2.05) is 35.2 Å². The summed E-state index contributed by atoms with van der Waals surface area (Å²) < 4.78 is 5.61. The minimum Gasteiger partial charge on any atom is -0.352 e. The maximum Gasteiger partial charge on any atom is 0.263 e. The van der Waals surface area contributed by atoms with Crippen molar-refractivity contribution < 1.29 is 9.32 Å². The molecular weight excluding hydrogens is 390 g/mol. The smallest absolute Gasteiger partial charge is 0.263 e. The number of piperazine rings is 1. The Kier molecular flexibility index (Phi) is 5.94. The predicted octanol–water partition coefficient (Wildman–Crippen LogP) is 3.51. The third-order valence-corrected chi connectivity index (χ3v) is 5.31. The van der Waals surface area contributed by atoms with Crippen LogP contribution in [0.15, 0.2) is 34.9 Å². The Hall–Kier alpha value is -2.67. The third-order valence-electron chi connectivity index (χ3n) is 5.12. The van der Waals surface area contributed by atoms with E-state index in [-0.39, 0.29) is 5.91 Å². The Balaban J connectivity index is 1.70. The zero-order chi connectivity index (χ0) is 20.2. The van der Waals surface area contributed by atoms with E-state index in [4.69, 9.17) is 21.1 Å². The largest absolute Gasteiger partial charge is 0.352 e. The lowest BCUT2D eigenvalue weighted by Crippen LogP contribution is -2.49. The minimum atomic E-state index is 0.106. The Labute approximate surface area is 174 Å². The van der Waals surface area contributed by atoms with Crippen LogP contribution in [0.1, 0.15) is 25.6 Å². The van der Waals surface area contributed by atoms with E-state index in [9.17, 15) is 4.79 Å². The molecule has 0 unspecified atom stereocenters. The monoisotopic (exact) mass is 413 g/mol. The van der Waals surface area contributed by atoms with Gasteiger partial charge in [0.2, 0.25) is 5.91 Å². The van der Waals surface area contributed by atoms with Crippen molar-refractivity contribution in [3.8, 4) is 11.3 Å². The SMILES string of the molecule is CCCc1nc(N2CCN(C(=O)CCCl)CC2)c2c(-c3ccccc3)noc2n1. The molecule has 29 heavy (non-hydrogen) atoms. The van der Waals surface area contributed by atoms with Crippen LogP contribution >= 0.6 is 11.6 Å². The van der Waals surface area contributed by atoms with Gasteiger partial charge >= 0.3 is 0 Å². The van der Waals surface area contributed by atoms with Gasteiger partial charge in [0, 0.05) is 50.5 Å². The van der Waals surface area contributed by atoms with Gasteiger partial charge in [0.05, 0.1) is 0 Å². The van der Waals surface area contributed by atoms with E-state index in [0.717, 1.165) is 41.1 Å². The van der Waals surface area contributed by atoms with Gasteiger partial charge in [-0.25, -0.2) is 4.98 Å². The van der Waals surface area contributed by atoms with E-state index >= 15 is 0 Å². The normalized spacial score (nSPS) is 14.6. The molecule has 1 saturated heterocycles. The molecule has 0 atom stereocenters. The molecular formula is C21H24ClN5O2. The summed E-state index contributed by atoms with van der Waals surface area (Å²) in [6.45, 7) is 4.80. The fourth-order valence-corrected chi connectivity index (χ4v) is 3.81. The van der Waals surface area contributed by atoms with Gasteiger partial charge in [-0.15, -0.1) is 11.6 Å². The Bertz CT molecular complexity index is 983. The molecule has 0 bridgehead atoms. The number of rotatable bonds is 6. The van der Waals surface area contributed by atoms with Gasteiger partial charge < -0.3 is 14.3 Å². The molecule has 1 aliphatic rings. The van der Waals surface area contributed by atoms with E-state index < -0.39 is 0 Å². The van der Waals surface area contributed by atoms with Gasteiger partial charge in [0.15, 0.2) is 0 Å². The molecule has 3 heterocycles. The summed E-state index contributed by atoms with van der Waals surface area (Å²) in [7, 11) is 0. The highest BCUT2D eigenvalue weighted by Gasteiger charge is 2.26. The maximum atomic E-state index is 12.2. The number of alkyl halides is 1. The number of aryl methyl sites for hydroxylation is 1. The van der Waals surface area contributed by atoms with E-state index in [2.05, 4.69) is 22.0 Å². The van der Waals surface area contributed by atoms with Gasteiger partial charge in [-0.05, 0) is 6.42 Å². The van der Waals surface area contributed by atoms with Crippen LogP contribution in [-0.4, -0.2) is 58.0 Å². The van der Waals surface area contributed by atoms with Crippen molar-refractivity contribution in [1.29, 1.82) is 0 Å². The van der Waals surface area contributed by atoms with Crippen molar-refractivity contribution in [3.05, 3.63) is 36.2 Å². The summed E-state index contributed by atoms with van der Waals surface area (Å²) in [5, 5.41) is 5.14. The van der Waals surface area contributed by atoms with E-state index in [1.54, 1.807) is 0 Å². The van der Waals surface area contributed by atoms with Crippen LogP contribution < -0.4 is 4.90 Å². The standard InChI is InChI=1S/C21H24ClN5O2/c1-2-6-16-23-20(27-13-11-26(12-14-27)17(28)9-10-22)18-19(25-29-21(18)24-16)15-7-4-3-5-8-15/h3-5,7-8H,2,6,9-14H2,1H3. The first-order valence-corrected chi connectivity index (χ1v) is 10.5. The van der Waals surface area contributed by atoms with Crippen LogP contribution in [-0.2, 0) is 11.2 Å². The summed E-state index contributed by atoms with van der Waals surface area (Å²) in [5.41, 5.74) is 2.23. The van der Waals surface area contributed by atoms with Crippen molar-refractivity contribution in [2.24, 2.45) is 0 Å². The first kappa shape index (κ1) is 19.6. The Morgan fingerprint density at radius 2 is 1.90 bits per heavy atom. The fraction of sp³-hybridized carbons (Fsp3) is 0.429. The number of hydrogen-bond acceptors (Lipinski definition) is 6. The molecule has 0 aliphatic carbocycles. The summed E-state index contributed by atoms with van der Waals surface area (Å²) in [6, 6.07) is 9.93. The maximum absolute atomic E-state index is 12.2. The molecule has 8 heteroatoms. The molecule has 0 radical (unpaired) electrons. The number of carbonyl (C=O) groups is 1. The van der Waals surface area contributed by atoms with Crippen LogP contribution in [0.4, 0.5) is 5.82 Å². The highest BCUT2D eigenvalue weighted by atomic mass is 35.5. The topological polar surface area (TPSA) is 75.4 Å². The molecule has 3 aromatic rings. The first-order chi connectivity index (χ1) is 14.2. The Morgan fingerprint density at radius 1 is 1.14 bits per heavy atom. The van der Waals surface area contributed by atoms with E-state index in [1.165, 1.54) is 0 Å². The number of carbonyl (C=O) groups excluding carboxylic acids is 1. The lowest BCUT2D eigenvalue weighted by atomic mass is 10.1. The van der Waals surface area contributed by atoms with Crippen molar-refractivity contribution in [2.45, 2.75) is 26.2 Å². The van der Waals surface area contributed by atoms with Gasteiger partial charge in [-0.1, -0.05) is 42.4 Å². The molecule has 0 spiro atoms. The third kappa shape index (κ3) is 4.05. The Morgan fingerprint density at radius 3 is 2.59 bits per heavy atom. The molecule has 1 aromatic carbocycles. The van der Waals surface area contributed by atoms with Crippen LogP contribution in [0.25, 0.3) is 22.4 Å². The van der Waals surface area contributed by atoms with Crippen LogP contribution in [0.2, 0.25) is 0 Å². The van der Waals surface area contributed by atoms with Crippen molar-refractivity contribution in [2.75, 3.05) is 37.0 Å². The lowest BCUT2D eigenvalue weighted by Gasteiger charge is -2.35. The number of halogens is 1. The fourth-order valence-electron chi connectivity index (χ4n) is 3.64. The van der Waals surface area contributed by atoms with Crippen molar-refractivity contribution in [1.82, 2.24) is 20.0 Å². The predicted molar refractivity (Wildman–Crippen MR) is 113 cm³/mol. The number of aromatic nitrogens is 3. The highest BCUT2D eigenvalue weighted by Crippen LogP contribution is 2.34. The van der Waals surface area contributed by atoms with Crippen LogP contribution in [0.3, 0.4) is 0 Å². The number of nitrogens with zero attached hydrogens (tertiary/aromatic N) is 5. The summed E-state index contributed by atoms with van der Waals surface area (Å²) in [6.07, 6.45) is 2.10. The van der Waals surface area contributed by atoms with Crippen LogP contribution in [0.5, 0.6) is 0 Å². The molecule has 1 aliphatic heterocycles. The number of hydrogen-bond donors (Lipinski definition) is 0. The summed E-state index contributed by atoms with van der Waals surface area (Å²) in [4.78, 5) is 25.7. The molecule has 1 fully saturated rings. The number of fused-ring (bicyclic) bond motifs is 1. The average molecular weight is 414 g/mol. The number of amides is 1. The zero-order valence-corrected chi connectivity index (χ0v) is 17.2. The molecule has 7 nitrogen and oxygen atoms in total. The molecule has 1 amide bonds. The first-order valence-electron chi connectivity index (χ1n) is 10.0. The second kappa shape index (κ2) is 8.78. The summed E-state index contributed by atoms with van der Waals surface area (Å²) >= 11 is 5.72. The quantitative estimate of drug-likeness (QED) is 0.575. The minimum absolute atomic E-state index is 0.106. The number of anilines is 1.